The van der Waals surface area contributed by atoms with E-state index in [-0.39, 0.29) is 17.5 Å². The number of aromatic carboxylic acids is 1. The summed E-state index contributed by atoms with van der Waals surface area (Å²) >= 11 is 0. The van der Waals surface area contributed by atoms with Crippen molar-refractivity contribution in [2.45, 2.75) is 46.1 Å². The van der Waals surface area contributed by atoms with Crippen LogP contribution < -0.4 is 10.6 Å². The van der Waals surface area contributed by atoms with Gasteiger partial charge in [0.1, 0.15) is 5.82 Å². The Morgan fingerprint density at radius 2 is 2.05 bits per heavy atom. The number of amides is 1. The van der Waals surface area contributed by atoms with Gasteiger partial charge in [-0.05, 0) is 31.9 Å². The molecule has 0 saturated carbocycles. The lowest BCUT2D eigenvalue weighted by atomic mass is 10.2. The number of carbonyl (C=O) groups excluding carboxylic acids is 1. The molecule has 1 unspecified atom stereocenters. The molecule has 1 atom stereocenters. The fourth-order valence-corrected chi connectivity index (χ4v) is 1.74. The summed E-state index contributed by atoms with van der Waals surface area (Å²) < 4.78 is 0. The van der Waals surface area contributed by atoms with Crippen molar-refractivity contribution in [3.05, 3.63) is 23.4 Å². The third-order valence-electron chi connectivity index (χ3n) is 3.17. The lowest BCUT2D eigenvalue weighted by Crippen LogP contribution is -2.33. The molecule has 1 aromatic rings. The summed E-state index contributed by atoms with van der Waals surface area (Å²) in [7, 11) is 0. The third-order valence-corrected chi connectivity index (χ3v) is 3.17. The highest BCUT2D eigenvalue weighted by atomic mass is 16.4. The smallest absolute Gasteiger partial charge is 0.335 e. The average Bonchev–Trinajstić information content (AvgIpc) is 2.46. The molecule has 0 aromatic carbocycles. The van der Waals surface area contributed by atoms with Crippen molar-refractivity contribution in [2.75, 3.05) is 11.9 Å². The van der Waals surface area contributed by atoms with Gasteiger partial charge in [-0.15, -0.1) is 0 Å². The van der Waals surface area contributed by atoms with Gasteiger partial charge in [-0.3, -0.25) is 4.79 Å². The number of carboxylic acids is 1. The lowest BCUT2D eigenvalue weighted by Gasteiger charge is -2.12. The van der Waals surface area contributed by atoms with E-state index in [4.69, 9.17) is 5.11 Å². The van der Waals surface area contributed by atoms with Gasteiger partial charge >= 0.3 is 5.97 Å². The molecule has 0 aliphatic heterocycles. The zero-order valence-corrected chi connectivity index (χ0v) is 12.8. The minimum Gasteiger partial charge on any atom is -0.478 e. The topological polar surface area (TPSA) is 91.3 Å². The third kappa shape index (κ3) is 5.81. The molecule has 0 bridgehead atoms. The number of carbonyl (C=O) groups is 2. The molecule has 0 aliphatic carbocycles. The first kappa shape index (κ1) is 16.9. The second-order valence-corrected chi connectivity index (χ2v) is 4.94. The van der Waals surface area contributed by atoms with E-state index >= 15 is 0 Å². The Hall–Kier alpha value is -2.11. The van der Waals surface area contributed by atoms with Crippen molar-refractivity contribution in [3.63, 3.8) is 0 Å². The highest BCUT2D eigenvalue weighted by Gasteiger charge is 2.09. The molecule has 0 aliphatic rings. The van der Waals surface area contributed by atoms with E-state index in [1.165, 1.54) is 6.07 Å². The zero-order chi connectivity index (χ0) is 15.8. The molecule has 0 radical (unpaired) electrons. The molecule has 1 heterocycles. The molecule has 1 rings (SSSR count). The lowest BCUT2D eigenvalue weighted by molar-refractivity contribution is -0.121. The van der Waals surface area contributed by atoms with Crippen molar-refractivity contribution < 1.29 is 14.7 Å². The normalized spacial score (nSPS) is 11.8. The Morgan fingerprint density at radius 1 is 1.33 bits per heavy atom. The Bertz CT molecular complexity index is 503. The van der Waals surface area contributed by atoms with E-state index in [2.05, 4.69) is 15.6 Å². The number of carboxylic acid groups (broad SMARTS) is 1. The van der Waals surface area contributed by atoms with Gasteiger partial charge in [-0.2, -0.15) is 0 Å². The standard InChI is InChI=1S/C15H23N3O3/c1-4-10(3)17-14(19)6-7-16-13-9-11(15(20)21)8-12(5-2)18-13/h8-10H,4-7H2,1-3H3,(H,16,18)(H,17,19)(H,20,21). The molecule has 6 nitrogen and oxygen atoms in total. The maximum absolute atomic E-state index is 11.6. The monoisotopic (exact) mass is 293 g/mol. The van der Waals surface area contributed by atoms with Crippen molar-refractivity contribution in [1.29, 1.82) is 0 Å². The molecular formula is C15H23N3O3. The highest BCUT2D eigenvalue weighted by molar-refractivity contribution is 5.88. The van der Waals surface area contributed by atoms with Crippen molar-refractivity contribution in [2.24, 2.45) is 0 Å². The molecule has 1 amide bonds. The van der Waals surface area contributed by atoms with Crippen molar-refractivity contribution in [3.8, 4) is 0 Å². The first-order valence-electron chi connectivity index (χ1n) is 7.23. The van der Waals surface area contributed by atoms with Gasteiger partial charge in [0, 0.05) is 24.7 Å². The second kappa shape index (κ2) is 8.24. The van der Waals surface area contributed by atoms with Gasteiger partial charge in [-0.25, -0.2) is 9.78 Å². The number of aryl methyl sites for hydroxylation is 1. The molecule has 21 heavy (non-hydrogen) atoms. The summed E-state index contributed by atoms with van der Waals surface area (Å²) in [6, 6.07) is 3.20. The van der Waals surface area contributed by atoms with Crippen LogP contribution in [0.15, 0.2) is 12.1 Å². The molecular weight excluding hydrogens is 270 g/mol. The van der Waals surface area contributed by atoms with Gasteiger partial charge in [0.2, 0.25) is 5.91 Å². The fourth-order valence-electron chi connectivity index (χ4n) is 1.74. The van der Waals surface area contributed by atoms with Crippen LogP contribution in [0.25, 0.3) is 0 Å². The number of hydrogen-bond donors (Lipinski definition) is 3. The van der Waals surface area contributed by atoms with Crippen LogP contribution in [0.5, 0.6) is 0 Å². The Kier molecular flexibility index (Phi) is 6.65. The van der Waals surface area contributed by atoms with Crippen LogP contribution in [-0.2, 0) is 11.2 Å². The number of pyridine rings is 1. The van der Waals surface area contributed by atoms with Crippen LogP contribution in [-0.4, -0.2) is 34.6 Å². The largest absolute Gasteiger partial charge is 0.478 e. The Balaban J connectivity index is 2.57. The predicted octanol–water partition coefficient (Wildman–Crippen LogP) is 2.06. The van der Waals surface area contributed by atoms with E-state index in [1.807, 2.05) is 20.8 Å². The van der Waals surface area contributed by atoms with E-state index in [0.29, 0.717) is 30.9 Å². The molecule has 6 heteroatoms. The van der Waals surface area contributed by atoms with Crippen LogP contribution in [0.1, 0.15) is 49.7 Å². The molecule has 0 fully saturated rings. The Labute approximate surface area is 125 Å². The maximum Gasteiger partial charge on any atom is 0.335 e. The summed E-state index contributed by atoms with van der Waals surface area (Å²) in [5, 5.41) is 14.9. The second-order valence-electron chi connectivity index (χ2n) is 4.94. The van der Waals surface area contributed by atoms with Crippen molar-refractivity contribution >= 4 is 17.7 Å². The molecule has 0 saturated heterocycles. The number of aromatic nitrogens is 1. The molecule has 1 aromatic heterocycles. The summed E-state index contributed by atoms with van der Waals surface area (Å²) in [5.41, 5.74) is 0.912. The fraction of sp³-hybridized carbons (Fsp3) is 0.533. The van der Waals surface area contributed by atoms with Crippen LogP contribution in [0.2, 0.25) is 0 Å². The maximum atomic E-state index is 11.6. The van der Waals surface area contributed by atoms with Crippen LogP contribution in [0, 0.1) is 0 Å². The van der Waals surface area contributed by atoms with E-state index in [1.54, 1.807) is 6.07 Å². The number of anilines is 1. The first-order chi connectivity index (χ1) is 9.96. The molecule has 3 N–H and O–H groups in total. The van der Waals surface area contributed by atoms with Crippen LogP contribution >= 0.6 is 0 Å². The van der Waals surface area contributed by atoms with E-state index in [0.717, 1.165) is 6.42 Å². The van der Waals surface area contributed by atoms with Crippen molar-refractivity contribution in [1.82, 2.24) is 10.3 Å². The first-order valence-corrected chi connectivity index (χ1v) is 7.23. The molecule has 0 spiro atoms. The van der Waals surface area contributed by atoms with Gasteiger partial charge in [0.15, 0.2) is 0 Å². The highest BCUT2D eigenvalue weighted by Crippen LogP contribution is 2.11. The molecule has 116 valence electrons. The van der Waals surface area contributed by atoms with Gasteiger partial charge in [0.05, 0.1) is 5.56 Å². The minimum atomic E-state index is -0.982. The number of rotatable bonds is 8. The minimum absolute atomic E-state index is 0.0260. The van der Waals surface area contributed by atoms with E-state index in [9.17, 15) is 9.59 Å². The summed E-state index contributed by atoms with van der Waals surface area (Å²) in [6.45, 7) is 6.30. The average molecular weight is 293 g/mol. The van der Waals surface area contributed by atoms with Crippen LogP contribution in [0.3, 0.4) is 0 Å². The van der Waals surface area contributed by atoms with Gasteiger partial charge in [-0.1, -0.05) is 13.8 Å². The number of nitrogens with one attached hydrogen (secondary N) is 2. The van der Waals surface area contributed by atoms with Crippen LogP contribution in [0.4, 0.5) is 5.82 Å². The Morgan fingerprint density at radius 3 is 2.62 bits per heavy atom. The predicted molar refractivity (Wildman–Crippen MR) is 81.6 cm³/mol. The SMILES string of the molecule is CCc1cc(C(=O)O)cc(NCCC(=O)NC(C)CC)n1. The quantitative estimate of drug-likeness (QED) is 0.682. The van der Waals surface area contributed by atoms with E-state index < -0.39 is 5.97 Å². The summed E-state index contributed by atoms with van der Waals surface area (Å²) in [5.74, 6) is -0.519. The van der Waals surface area contributed by atoms with Gasteiger partial charge < -0.3 is 15.7 Å². The zero-order valence-electron chi connectivity index (χ0n) is 12.8. The summed E-state index contributed by atoms with van der Waals surface area (Å²) in [4.78, 5) is 27.0. The summed E-state index contributed by atoms with van der Waals surface area (Å²) in [6.07, 6.45) is 1.87. The van der Waals surface area contributed by atoms with Gasteiger partial charge in [0.25, 0.3) is 0 Å². The number of hydrogen-bond acceptors (Lipinski definition) is 4. The number of nitrogens with zero attached hydrogens (tertiary/aromatic N) is 1.